The molecule has 10 heteroatoms. The summed E-state index contributed by atoms with van der Waals surface area (Å²) in [5.74, 6) is 0.689. The van der Waals surface area contributed by atoms with Crippen molar-refractivity contribution >= 4 is 15.8 Å². The second-order valence-electron chi connectivity index (χ2n) is 5.93. The van der Waals surface area contributed by atoms with Crippen LogP contribution >= 0.6 is 0 Å². The molecular formula is C13H21F2N5O2S. The molecule has 1 N–H and O–H groups in total. The van der Waals surface area contributed by atoms with E-state index in [1.54, 1.807) is 20.9 Å². The summed E-state index contributed by atoms with van der Waals surface area (Å²) in [7, 11) is -1.58. The second-order valence-corrected chi connectivity index (χ2v) is 8.67. The fraction of sp³-hybridized carbons (Fsp3) is 0.692. The van der Waals surface area contributed by atoms with Crippen molar-refractivity contribution < 1.29 is 17.2 Å². The summed E-state index contributed by atoms with van der Waals surface area (Å²) in [5.41, 5.74) is 0. The van der Waals surface area contributed by atoms with E-state index in [0.29, 0.717) is 12.5 Å². The van der Waals surface area contributed by atoms with Crippen LogP contribution in [-0.2, 0) is 16.4 Å². The summed E-state index contributed by atoms with van der Waals surface area (Å²) < 4.78 is 49.6. The van der Waals surface area contributed by atoms with Crippen LogP contribution in [0, 0.1) is 0 Å². The third-order valence-electron chi connectivity index (χ3n) is 3.92. The molecule has 0 radical (unpaired) electrons. The number of imidazole rings is 1. The van der Waals surface area contributed by atoms with Crippen molar-refractivity contribution in [3.8, 4) is 0 Å². The zero-order valence-electron chi connectivity index (χ0n) is 13.3. The van der Waals surface area contributed by atoms with Crippen molar-refractivity contribution in [2.24, 2.45) is 4.99 Å². The van der Waals surface area contributed by atoms with Crippen LogP contribution in [0.25, 0.3) is 0 Å². The molecule has 2 heterocycles. The summed E-state index contributed by atoms with van der Waals surface area (Å²) >= 11 is 0. The highest BCUT2D eigenvalue weighted by atomic mass is 32.2. The Bertz CT molecular complexity index is 684. The van der Waals surface area contributed by atoms with E-state index in [2.05, 4.69) is 15.3 Å². The summed E-state index contributed by atoms with van der Waals surface area (Å²) in [6, 6.07) is 0. The van der Waals surface area contributed by atoms with Crippen molar-refractivity contribution in [1.29, 1.82) is 0 Å². The molecule has 23 heavy (non-hydrogen) atoms. The average molecular weight is 349 g/mol. The summed E-state index contributed by atoms with van der Waals surface area (Å²) in [6.07, 6.45) is 2.52. The first kappa shape index (κ1) is 17.6. The monoisotopic (exact) mass is 349 g/mol. The molecule has 1 aliphatic rings. The minimum absolute atomic E-state index is 0.0341. The van der Waals surface area contributed by atoms with Crippen LogP contribution in [-0.4, -0.2) is 59.5 Å². The van der Waals surface area contributed by atoms with Gasteiger partial charge in [0.15, 0.2) is 15.8 Å². The molecule has 0 unspecified atom stereocenters. The topological polar surface area (TPSA) is 79.6 Å². The zero-order valence-corrected chi connectivity index (χ0v) is 14.1. The first-order valence-corrected chi connectivity index (χ1v) is 8.81. The lowest BCUT2D eigenvalue weighted by molar-refractivity contribution is 0.0668. The van der Waals surface area contributed by atoms with Gasteiger partial charge in [-0.2, -0.15) is 8.78 Å². The van der Waals surface area contributed by atoms with Crippen molar-refractivity contribution in [1.82, 2.24) is 19.8 Å². The van der Waals surface area contributed by atoms with Crippen molar-refractivity contribution in [3.63, 3.8) is 0 Å². The van der Waals surface area contributed by atoms with E-state index in [0.717, 1.165) is 4.57 Å². The molecule has 1 aromatic rings. The Hall–Kier alpha value is -1.71. The Labute approximate surface area is 134 Å². The molecule has 1 aliphatic heterocycles. The van der Waals surface area contributed by atoms with Gasteiger partial charge in [0, 0.05) is 32.5 Å². The molecule has 0 bridgehead atoms. The lowest BCUT2D eigenvalue weighted by atomic mass is 10.2. The van der Waals surface area contributed by atoms with E-state index >= 15 is 0 Å². The normalized spacial score (nSPS) is 20.8. The van der Waals surface area contributed by atoms with E-state index in [-0.39, 0.29) is 24.7 Å². The predicted molar refractivity (Wildman–Crippen MR) is 83.1 cm³/mol. The van der Waals surface area contributed by atoms with E-state index in [4.69, 9.17) is 0 Å². The summed E-state index contributed by atoms with van der Waals surface area (Å²) in [5, 5.41) is 2.97. The van der Waals surface area contributed by atoms with Gasteiger partial charge in [-0.15, -0.1) is 0 Å². The minimum Gasteiger partial charge on any atom is -0.349 e. The Balaban J connectivity index is 2.06. The lowest BCUT2D eigenvalue weighted by Gasteiger charge is -2.39. The molecule has 0 aromatic carbocycles. The molecule has 0 saturated carbocycles. The maximum absolute atomic E-state index is 12.8. The van der Waals surface area contributed by atoms with Crippen molar-refractivity contribution in [2.45, 2.75) is 31.7 Å². The zero-order chi connectivity index (χ0) is 17.3. The van der Waals surface area contributed by atoms with Gasteiger partial charge in [-0.05, 0) is 13.8 Å². The number of rotatable bonds is 3. The van der Waals surface area contributed by atoms with E-state index < -0.39 is 21.1 Å². The number of guanidine groups is 1. The van der Waals surface area contributed by atoms with Crippen LogP contribution in [0.5, 0.6) is 0 Å². The molecular weight excluding hydrogens is 328 g/mol. The van der Waals surface area contributed by atoms with Gasteiger partial charge in [-0.3, -0.25) is 9.56 Å². The smallest absolute Gasteiger partial charge is 0.319 e. The number of aliphatic imine (C=N–C) groups is 1. The number of sulfone groups is 1. The van der Waals surface area contributed by atoms with Crippen LogP contribution < -0.4 is 5.32 Å². The van der Waals surface area contributed by atoms with E-state index in [1.807, 2.05) is 4.90 Å². The Morgan fingerprint density at radius 1 is 1.52 bits per heavy atom. The quantitative estimate of drug-likeness (QED) is 0.647. The fourth-order valence-corrected chi connectivity index (χ4v) is 3.84. The number of halogens is 2. The van der Waals surface area contributed by atoms with Gasteiger partial charge in [-0.25, -0.2) is 13.4 Å². The first-order chi connectivity index (χ1) is 10.7. The molecule has 7 nitrogen and oxygen atoms in total. The highest BCUT2D eigenvalue weighted by Crippen LogP contribution is 2.23. The van der Waals surface area contributed by atoms with Crippen LogP contribution in [0.2, 0.25) is 0 Å². The SMILES string of the molecule is CN=C(NCc1nccn1C(F)F)N1CCS(=O)(=O)C(C)(C)C1. The van der Waals surface area contributed by atoms with Gasteiger partial charge in [0.2, 0.25) is 0 Å². The van der Waals surface area contributed by atoms with Crippen LogP contribution in [0.15, 0.2) is 17.4 Å². The molecule has 1 fully saturated rings. The van der Waals surface area contributed by atoms with Gasteiger partial charge < -0.3 is 10.2 Å². The molecule has 0 atom stereocenters. The summed E-state index contributed by atoms with van der Waals surface area (Å²) in [6.45, 7) is 1.37. The fourth-order valence-electron chi connectivity index (χ4n) is 2.47. The third kappa shape index (κ3) is 3.62. The lowest BCUT2D eigenvalue weighted by Crippen LogP contribution is -2.57. The number of hydrogen-bond acceptors (Lipinski definition) is 4. The number of alkyl halides is 2. The number of nitrogens with zero attached hydrogens (tertiary/aromatic N) is 4. The van der Waals surface area contributed by atoms with Crippen LogP contribution in [0.3, 0.4) is 0 Å². The van der Waals surface area contributed by atoms with Gasteiger partial charge in [0.1, 0.15) is 5.82 Å². The molecule has 0 spiro atoms. The Morgan fingerprint density at radius 2 is 2.22 bits per heavy atom. The molecule has 130 valence electrons. The number of aromatic nitrogens is 2. The maximum Gasteiger partial charge on any atom is 0.319 e. The molecule has 0 aliphatic carbocycles. The molecule has 1 saturated heterocycles. The molecule has 2 rings (SSSR count). The van der Waals surface area contributed by atoms with Gasteiger partial charge in [-0.1, -0.05) is 0 Å². The first-order valence-electron chi connectivity index (χ1n) is 7.16. The van der Waals surface area contributed by atoms with E-state index in [9.17, 15) is 17.2 Å². The highest BCUT2D eigenvalue weighted by molar-refractivity contribution is 7.92. The van der Waals surface area contributed by atoms with Gasteiger partial charge >= 0.3 is 6.55 Å². The van der Waals surface area contributed by atoms with Crippen molar-refractivity contribution in [3.05, 3.63) is 18.2 Å². The average Bonchev–Trinajstić information content (AvgIpc) is 2.92. The Morgan fingerprint density at radius 3 is 2.78 bits per heavy atom. The van der Waals surface area contributed by atoms with Crippen LogP contribution in [0.4, 0.5) is 8.78 Å². The van der Waals surface area contributed by atoms with Crippen LogP contribution in [0.1, 0.15) is 26.2 Å². The number of nitrogens with one attached hydrogen (secondary N) is 1. The summed E-state index contributed by atoms with van der Waals surface area (Å²) in [4.78, 5) is 9.82. The van der Waals surface area contributed by atoms with Gasteiger partial charge in [0.05, 0.1) is 17.0 Å². The van der Waals surface area contributed by atoms with Crippen molar-refractivity contribution in [2.75, 3.05) is 25.9 Å². The largest absolute Gasteiger partial charge is 0.349 e. The Kier molecular flexibility index (Phi) is 4.92. The molecule has 0 amide bonds. The second kappa shape index (κ2) is 6.42. The van der Waals surface area contributed by atoms with Gasteiger partial charge in [0.25, 0.3) is 0 Å². The highest BCUT2D eigenvalue weighted by Gasteiger charge is 2.40. The minimum atomic E-state index is -3.15. The predicted octanol–water partition coefficient (Wildman–Crippen LogP) is 0.863. The van der Waals surface area contributed by atoms with E-state index in [1.165, 1.54) is 12.4 Å². The third-order valence-corrected chi connectivity index (χ3v) is 6.45. The molecule has 1 aromatic heterocycles. The standard InChI is InChI=1S/C13H21F2N5O2S/c1-13(2)9-19(6-7-23(13,21)22)12(16-3)18-8-10-17-4-5-20(10)11(14)15/h4-5,11H,6-9H2,1-3H3,(H,16,18). The maximum atomic E-state index is 12.8. The number of hydrogen-bond donors (Lipinski definition) is 1.